The summed E-state index contributed by atoms with van der Waals surface area (Å²) in [5.41, 5.74) is 2.29. The predicted octanol–water partition coefficient (Wildman–Crippen LogP) is 1.64. The number of carbonyl (C=O) groups is 1. The number of thiophene rings is 1. The molecule has 0 aliphatic carbocycles. The molecule has 1 saturated heterocycles. The lowest BCUT2D eigenvalue weighted by atomic mass is 10.2. The number of rotatable bonds is 7. The largest absolute Gasteiger partial charge is 0.370 e. The molecule has 0 bridgehead atoms. The Bertz CT molecular complexity index is 887. The van der Waals surface area contributed by atoms with Crippen LogP contribution in [0.3, 0.4) is 0 Å². The van der Waals surface area contributed by atoms with Gasteiger partial charge < -0.3 is 15.0 Å². The zero-order valence-corrected chi connectivity index (χ0v) is 16.6. The van der Waals surface area contributed by atoms with Crippen LogP contribution in [-0.2, 0) is 4.74 Å². The number of nitrogens with zero attached hydrogens (tertiary/aromatic N) is 2. The Hall–Kier alpha value is -2.48. The van der Waals surface area contributed by atoms with Gasteiger partial charge in [0.1, 0.15) is 18.8 Å². The van der Waals surface area contributed by atoms with Gasteiger partial charge in [0.25, 0.3) is 5.91 Å². The Kier molecular flexibility index (Phi) is 6.16. The number of hydrogen-bond donors (Lipinski definition) is 2. The Balaban J connectivity index is 1.44. The normalized spacial score (nSPS) is 14.9. The minimum atomic E-state index is -0.0671. The van der Waals surface area contributed by atoms with E-state index in [4.69, 9.17) is 9.84 Å². The summed E-state index contributed by atoms with van der Waals surface area (Å²) in [5.74, 6) is -0.0671. The third kappa shape index (κ3) is 4.49. The number of benzene rings is 1. The van der Waals surface area contributed by atoms with Gasteiger partial charge in [0.15, 0.2) is 0 Å². The Labute approximate surface area is 168 Å². The van der Waals surface area contributed by atoms with Crippen molar-refractivity contribution in [3.63, 3.8) is 0 Å². The van der Waals surface area contributed by atoms with Crippen molar-refractivity contribution >= 4 is 17.2 Å². The van der Waals surface area contributed by atoms with Crippen LogP contribution >= 0.6 is 11.3 Å². The number of ether oxygens (including phenoxy) is 1. The van der Waals surface area contributed by atoms with Crippen molar-refractivity contribution in [2.75, 3.05) is 39.4 Å². The summed E-state index contributed by atoms with van der Waals surface area (Å²) >= 11 is 1.59. The monoisotopic (exact) mass is 397 g/mol. The highest BCUT2D eigenvalue weighted by atomic mass is 32.1. The summed E-state index contributed by atoms with van der Waals surface area (Å²) in [6.45, 7) is 5.52. The third-order valence-corrected chi connectivity index (χ3v) is 5.80. The molecule has 1 fully saturated rings. The van der Waals surface area contributed by atoms with Crippen LogP contribution in [-0.4, -0.2) is 55.1 Å². The summed E-state index contributed by atoms with van der Waals surface area (Å²) in [6.07, 6.45) is 2.79. The van der Waals surface area contributed by atoms with Crippen molar-refractivity contribution < 1.29 is 14.4 Å². The number of quaternary nitrogens is 1. The van der Waals surface area contributed by atoms with Gasteiger partial charge in [-0.15, -0.1) is 11.3 Å². The van der Waals surface area contributed by atoms with Gasteiger partial charge in [-0.25, -0.2) is 4.68 Å². The van der Waals surface area contributed by atoms with Crippen LogP contribution in [0.1, 0.15) is 16.8 Å². The topological polar surface area (TPSA) is 60.6 Å². The molecule has 6 nitrogen and oxygen atoms in total. The number of hydrogen-bond acceptors (Lipinski definition) is 4. The Morgan fingerprint density at radius 2 is 2.00 bits per heavy atom. The van der Waals surface area contributed by atoms with E-state index in [1.807, 2.05) is 54.0 Å². The molecule has 146 valence electrons. The van der Waals surface area contributed by atoms with Gasteiger partial charge in [0.2, 0.25) is 0 Å². The van der Waals surface area contributed by atoms with E-state index in [-0.39, 0.29) is 5.91 Å². The van der Waals surface area contributed by atoms with E-state index in [9.17, 15) is 4.79 Å². The lowest BCUT2D eigenvalue weighted by molar-refractivity contribution is -0.908. The maximum atomic E-state index is 12.9. The van der Waals surface area contributed by atoms with Crippen LogP contribution < -0.4 is 10.2 Å². The molecule has 0 saturated carbocycles. The van der Waals surface area contributed by atoms with Crippen LogP contribution in [0.5, 0.6) is 0 Å². The van der Waals surface area contributed by atoms with Gasteiger partial charge in [-0.05, 0) is 23.6 Å². The predicted molar refractivity (Wildman–Crippen MR) is 110 cm³/mol. The summed E-state index contributed by atoms with van der Waals surface area (Å²) < 4.78 is 7.17. The molecule has 1 aliphatic rings. The molecule has 1 aromatic carbocycles. The van der Waals surface area contributed by atoms with Gasteiger partial charge in [-0.1, -0.05) is 24.3 Å². The van der Waals surface area contributed by atoms with Gasteiger partial charge >= 0.3 is 0 Å². The van der Waals surface area contributed by atoms with Gasteiger partial charge in [-0.3, -0.25) is 4.79 Å². The molecule has 0 unspecified atom stereocenters. The Morgan fingerprint density at radius 3 is 2.75 bits per heavy atom. The van der Waals surface area contributed by atoms with Crippen molar-refractivity contribution in [1.29, 1.82) is 0 Å². The van der Waals surface area contributed by atoms with Gasteiger partial charge in [-0.2, -0.15) is 5.10 Å². The highest BCUT2D eigenvalue weighted by Crippen LogP contribution is 2.27. The molecule has 1 amide bonds. The van der Waals surface area contributed by atoms with Crippen LogP contribution in [0.25, 0.3) is 16.3 Å². The molecule has 1 aliphatic heterocycles. The summed E-state index contributed by atoms with van der Waals surface area (Å²) in [4.78, 5) is 15.4. The minimum Gasteiger partial charge on any atom is -0.370 e. The first-order chi connectivity index (χ1) is 13.8. The number of carbonyl (C=O) groups excluding carboxylic acids is 1. The molecule has 0 spiro atoms. The quantitative estimate of drug-likeness (QED) is 0.596. The highest BCUT2D eigenvalue weighted by Gasteiger charge is 2.19. The van der Waals surface area contributed by atoms with E-state index >= 15 is 0 Å². The maximum Gasteiger partial charge on any atom is 0.255 e. The fourth-order valence-electron chi connectivity index (χ4n) is 3.39. The summed E-state index contributed by atoms with van der Waals surface area (Å²) in [6, 6.07) is 13.9. The van der Waals surface area contributed by atoms with Gasteiger partial charge in [0.05, 0.1) is 35.9 Å². The van der Waals surface area contributed by atoms with E-state index in [0.717, 1.165) is 55.5 Å². The molecule has 4 rings (SSSR count). The second-order valence-electron chi connectivity index (χ2n) is 6.87. The first-order valence-electron chi connectivity index (χ1n) is 9.70. The van der Waals surface area contributed by atoms with Gasteiger partial charge in [0, 0.05) is 19.2 Å². The highest BCUT2D eigenvalue weighted by molar-refractivity contribution is 7.13. The summed E-state index contributed by atoms with van der Waals surface area (Å²) in [5, 5.41) is 9.77. The molecular weight excluding hydrogens is 372 g/mol. The fraction of sp³-hybridized carbons (Fsp3) is 0.333. The van der Waals surface area contributed by atoms with Crippen molar-refractivity contribution in [3.8, 4) is 16.3 Å². The SMILES string of the molecule is O=C(NCCC[NH+]1CCOCC1)c1cn(-c2ccccc2)nc1-c1cccs1. The molecule has 7 heteroatoms. The zero-order chi connectivity index (χ0) is 19.2. The van der Waals surface area contributed by atoms with E-state index in [1.54, 1.807) is 20.9 Å². The summed E-state index contributed by atoms with van der Waals surface area (Å²) in [7, 11) is 0. The lowest BCUT2D eigenvalue weighted by Crippen LogP contribution is -3.14. The number of morpholine rings is 1. The molecule has 0 radical (unpaired) electrons. The molecule has 2 aromatic heterocycles. The number of amides is 1. The molecule has 2 N–H and O–H groups in total. The number of para-hydroxylation sites is 1. The van der Waals surface area contributed by atoms with Crippen molar-refractivity contribution in [3.05, 3.63) is 59.6 Å². The fourth-order valence-corrected chi connectivity index (χ4v) is 4.12. The minimum absolute atomic E-state index is 0.0671. The van der Waals surface area contributed by atoms with Crippen molar-refractivity contribution in [1.82, 2.24) is 15.1 Å². The van der Waals surface area contributed by atoms with Crippen molar-refractivity contribution in [2.45, 2.75) is 6.42 Å². The average Bonchev–Trinajstić information content (AvgIpc) is 3.42. The van der Waals surface area contributed by atoms with Crippen LogP contribution in [0, 0.1) is 0 Å². The van der Waals surface area contributed by atoms with Crippen molar-refractivity contribution in [2.24, 2.45) is 0 Å². The molecular formula is C21H25N4O2S+. The molecule has 0 atom stereocenters. The lowest BCUT2D eigenvalue weighted by Gasteiger charge is -2.23. The zero-order valence-electron chi connectivity index (χ0n) is 15.8. The first kappa shape index (κ1) is 18.9. The van der Waals surface area contributed by atoms with Crippen LogP contribution in [0.4, 0.5) is 0 Å². The number of nitrogens with one attached hydrogen (secondary N) is 2. The van der Waals surface area contributed by atoms with E-state index in [0.29, 0.717) is 12.1 Å². The molecule has 3 aromatic rings. The molecule has 3 heterocycles. The standard InChI is InChI=1S/C21H24N4O2S/c26-21(22-9-5-10-24-11-13-27-14-12-24)18-16-25(17-6-2-1-3-7-17)23-20(18)19-8-4-15-28-19/h1-4,6-8,15-16H,5,9-14H2,(H,22,26)/p+1. The number of aromatic nitrogens is 2. The first-order valence-corrected chi connectivity index (χ1v) is 10.6. The smallest absolute Gasteiger partial charge is 0.255 e. The van der Waals surface area contributed by atoms with E-state index in [1.165, 1.54) is 0 Å². The second kappa shape index (κ2) is 9.14. The Morgan fingerprint density at radius 1 is 1.18 bits per heavy atom. The molecule has 28 heavy (non-hydrogen) atoms. The maximum absolute atomic E-state index is 12.9. The van der Waals surface area contributed by atoms with Crippen LogP contribution in [0.15, 0.2) is 54.0 Å². The average molecular weight is 398 g/mol. The second-order valence-corrected chi connectivity index (χ2v) is 7.82. The van der Waals surface area contributed by atoms with E-state index in [2.05, 4.69) is 5.32 Å². The van der Waals surface area contributed by atoms with E-state index < -0.39 is 0 Å². The third-order valence-electron chi connectivity index (χ3n) is 4.93. The van der Waals surface area contributed by atoms with Crippen LogP contribution in [0.2, 0.25) is 0 Å².